The molecule has 3 fully saturated rings. The Kier molecular flexibility index (Phi) is 9.02. The molecule has 2 atom stereocenters. The summed E-state index contributed by atoms with van der Waals surface area (Å²) in [6, 6.07) is 14.8. The van der Waals surface area contributed by atoms with E-state index in [-0.39, 0.29) is 30.1 Å². The Balaban J connectivity index is 1.07. The largest absolute Gasteiger partial charge is 0.490 e. The van der Waals surface area contributed by atoms with Crippen molar-refractivity contribution in [2.24, 2.45) is 5.92 Å². The number of carbonyl (C=O) groups is 2. The number of piperidine rings is 2. The number of hydrogen-bond donors (Lipinski definition) is 0. The summed E-state index contributed by atoms with van der Waals surface area (Å²) in [5, 5.41) is 1.06. The zero-order valence-electron chi connectivity index (χ0n) is 22.8. The first kappa shape index (κ1) is 28.2. The molecule has 3 heterocycles. The fourth-order valence-electron chi connectivity index (χ4n) is 6.14. The van der Waals surface area contributed by atoms with E-state index >= 15 is 0 Å². The van der Waals surface area contributed by atoms with Gasteiger partial charge in [-0.15, -0.1) is 0 Å². The molecule has 3 amide bonds. The zero-order valence-corrected chi connectivity index (χ0v) is 24.3. The van der Waals surface area contributed by atoms with Crippen LogP contribution in [0.4, 0.5) is 4.79 Å². The van der Waals surface area contributed by atoms with Crippen LogP contribution in [0.1, 0.15) is 44.2 Å². The molecule has 2 aromatic carbocycles. The summed E-state index contributed by atoms with van der Waals surface area (Å²) < 4.78 is 6.14. The topological polar surface area (TPSA) is 56.3 Å². The molecule has 3 aliphatic rings. The van der Waals surface area contributed by atoms with E-state index in [9.17, 15) is 9.59 Å². The number of carbonyl (C=O) groups excluding carboxylic acids is 2. The second-order valence-electron chi connectivity index (χ2n) is 11.2. The molecule has 0 aliphatic carbocycles. The molecule has 210 valence electrons. The molecular weight excluding hydrogens is 535 g/mol. The molecule has 0 spiro atoms. The average molecular weight is 574 g/mol. The maximum absolute atomic E-state index is 13.4. The Labute approximate surface area is 241 Å². The van der Waals surface area contributed by atoms with E-state index < -0.39 is 0 Å². The van der Waals surface area contributed by atoms with Gasteiger partial charge in [-0.05, 0) is 69.3 Å². The van der Waals surface area contributed by atoms with Crippen molar-refractivity contribution in [3.05, 3.63) is 64.1 Å². The lowest BCUT2D eigenvalue weighted by Gasteiger charge is -2.38. The van der Waals surface area contributed by atoms with Crippen molar-refractivity contribution in [2.75, 3.05) is 46.3 Å². The number of imide groups is 1. The van der Waals surface area contributed by atoms with Crippen LogP contribution < -0.4 is 4.74 Å². The van der Waals surface area contributed by atoms with E-state index in [1.165, 1.54) is 4.90 Å². The number of rotatable bonds is 7. The van der Waals surface area contributed by atoms with Gasteiger partial charge in [0.05, 0.1) is 28.7 Å². The van der Waals surface area contributed by atoms with Gasteiger partial charge in [0.2, 0.25) is 5.91 Å². The maximum Gasteiger partial charge on any atom is 0.327 e. The van der Waals surface area contributed by atoms with Crippen LogP contribution in [-0.4, -0.2) is 90.0 Å². The number of halogens is 2. The molecule has 39 heavy (non-hydrogen) atoms. The van der Waals surface area contributed by atoms with E-state index in [1.807, 2.05) is 43.3 Å². The summed E-state index contributed by atoms with van der Waals surface area (Å²) in [6.07, 6.45) is 4.32. The smallest absolute Gasteiger partial charge is 0.327 e. The van der Waals surface area contributed by atoms with Crippen molar-refractivity contribution in [3.63, 3.8) is 0 Å². The molecule has 5 rings (SSSR count). The molecule has 0 bridgehead atoms. The molecule has 0 unspecified atom stereocenters. The monoisotopic (exact) mass is 572 g/mol. The van der Waals surface area contributed by atoms with Crippen LogP contribution in [-0.2, 0) is 4.79 Å². The third kappa shape index (κ3) is 6.54. The fourth-order valence-corrected chi connectivity index (χ4v) is 6.43. The van der Waals surface area contributed by atoms with Gasteiger partial charge in [-0.2, -0.15) is 0 Å². The Morgan fingerprint density at radius 3 is 2.26 bits per heavy atom. The molecule has 0 saturated carbocycles. The molecule has 3 saturated heterocycles. The van der Waals surface area contributed by atoms with Gasteiger partial charge in [0.15, 0.2) is 0 Å². The Morgan fingerprint density at radius 1 is 0.923 bits per heavy atom. The number of likely N-dealkylation sites (tertiary alicyclic amines) is 2. The fraction of sp³-hybridized carbons (Fsp3) is 0.533. The third-order valence-corrected chi connectivity index (χ3v) is 9.31. The summed E-state index contributed by atoms with van der Waals surface area (Å²) in [6.45, 7) is 7.21. The van der Waals surface area contributed by atoms with Crippen molar-refractivity contribution in [3.8, 4) is 5.75 Å². The standard InChI is InChI=1S/C30H38Cl2N4O3/c1-21-29(23-6-4-3-5-7-23)36(30(38)33(21)2)28(37)20-35-14-10-22(11-15-35)19-34-16-12-24(13-17-34)39-25-8-9-26(31)27(32)18-25/h3-9,18,21-22,24,29H,10-17,19-20H2,1-2H3/t21-,29-/m0/s1. The number of urea groups is 1. The number of amides is 3. The summed E-state index contributed by atoms with van der Waals surface area (Å²) in [5.74, 6) is 1.30. The van der Waals surface area contributed by atoms with Gasteiger partial charge in [0.25, 0.3) is 0 Å². The molecule has 2 aromatic rings. The van der Waals surface area contributed by atoms with Crippen LogP contribution in [0.2, 0.25) is 10.0 Å². The van der Waals surface area contributed by atoms with Crippen molar-refractivity contribution in [1.29, 1.82) is 0 Å². The maximum atomic E-state index is 13.4. The van der Waals surface area contributed by atoms with E-state index in [0.29, 0.717) is 22.5 Å². The lowest BCUT2D eigenvalue weighted by Crippen LogP contribution is -2.47. The van der Waals surface area contributed by atoms with Crippen LogP contribution in [0, 0.1) is 5.92 Å². The van der Waals surface area contributed by atoms with Crippen molar-refractivity contribution in [2.45, 2.75) is 50.8 Å². The molecule has 0 aromatic heterocycles. The van der Waals surface area contributed by atoms with Gasteiger partial charge in [-0.25, -0.2) is 4.79 Å². The predicted octanol–water partition coefficient (Wildman–Crippen LogP) is 5.57. The van der Waals surface area contributed by atoms with Crippen LogP contribution in [0.3, 0.4) is 0 Å². The van der Waals surface area contributed by atoms with Gasteiger partial charge >= 0.3 is 6.03 Å². The molecule has 3 aliphatic heterocycles. The quantitative estimate of drug-likeness (QED) is 0.434. The predicted molar refractivity (Wildman–Crippen MR) is 154 cm³/mol. The normalized spacial score (nSPS) is 23.9. The number of likely N-dealkylation sites (N-methyl/N-ethyl adjacent to an activating group) is 1. The Hall–Kier alpha value is -2.32. The average Bonchev–Trinajstić information content (AvgIpc) is 3.17. The highest BCUT2D eigenvalue weighted by Crippen LogP contribution is 2.35. The van der Waals surface area contributed by atoms with Gasteiger partial charge in [0.1, 0.15) is 11.9 Å². The lowest BCUT2D eigenvalue weighted by atomic mass is 9.95. The number of nitrogens with zero attached hydrogens (tertiary/aromatic N) is 4. The van der Waals surface area contributed by atoms with E-state index in [2.05, 4.69) is 9.80 Å². The molecular formula is C30H38Cl2N4O3. The van der Waals surface area contributed by atoms with Gasteiger partial charge in [0, 0.05) is 32.7 Å². The first-order valence-electron chi connectivity index (χ1n) is 14.0. The Morgan fingerprint density at radius 2 is 1.59 bits per heavy atom. The Bertz CT molecular complexity index is 1150. The number of ether oxygens (including phenoxy) is 1. The first-order chi connectivity index (χ1) is 18.8. The first-order valence-corrected chi connectivity index (χ1v) is 14.8. The van der Waals surface area contributed by atoms with Crippen molar-refractivity contribution in [1.82, 2.24) is 19.6 Å². The number of hydrogen-bond acceptors (Lipinski definition) is 5. The second kappa shape index (κ2) is 12.5. The minimum Gasteiger partial charge on any atom is -0.490 e. The summed E-state index contributed by atoms with van der Waals surface area (Å²) in [5.41, 5.74) is 1.00. The van der Waals surface area contributed by atoms with Gasteiger partial charge in [-0.3, -0.25) is 14.6 Å². The van der Waals surface area contributed by atoms with Crippen molar-refractivity contribution >= 4 is 35.1 Å². The van der Waals surface area contributed by atoms with Crippen LogP contribution in [0.25, 0.3) is 0 Å². The lowest BCUT2D eigenvalue weighted by molar-refractivity contribution is -0.131. The van der Waals surface area contributed by atoms with Gasteiger partial charge in [-0.1, -0.05) is 53.5 Å². The summed E-state index contributed by atoms with van der Waals surface area (Å²) >= 11 is 12.1. The van der Waals surface area contributed by atoms with Crippen LogP contribution >= 0.6 is 23.2 Å². The van der Waals surface area contributed by atoms with Gasteiger partial charge < -0.3 is 14.5 Å². The molecule has 0 N–H and O–H groups in total. The highest BCUT2D eigenvalue weighted by Gasteiger charge is 2.45. The van der Waals surface area contributed by atoms with Crippen LogP contribution in [0.5, 0.6) is 5.75 Å². The molecule has 7 nitrogen and oxygen atoms in total. The number of benzene rings is 2. The van der Waals surface area contributed by atoms with E-state index in [0.717, 1.165) is 69.7 Å². The second-order valence-corrected chi connectivity index (χ2v) is 12.0. The minimum atomic E-state index is -0.252. The van der Waals surface area contributed by atoms with E-state index in [1.54, 1.807) is 24.1 Å². The highest BCUT2D eigenvalue weighted by atomic mass is 35.5. The third-order valence-electron chi connectivity index (χ3n) is 8.57. The summed E-state index contributed by atoms with van der Waals surface area (Å²) in [4.78, 5) is 34.3. The molecule has 9 heteroatoms. The molecule has 0 radical (unpaired) electrons. The van der Waals surface area contributed by atoms with Crippen molar-refractivity contribution < 1.29 is 14.3 Å². The highest BCUT2D eigenvalue weighted by molar-refractivity contribution is 6.42. The summed E-state index contributed by atoms with van der Waals surface area (Å²) in [7, 11) is 1.78. The van der Waals surface area contributed by atoms with E-state index in [4.69, 9.17) is 27.9 Å². The zero-order chi connectivity index (χ0) is 27.5. The minimum absolute atomic E-state index is 0.0619. The SMILES string of the molecule is C[C@H]1[C@@H](c2ccccc2)N(C(=O)CN2CCC(CN3CCC(Oc4ccc(Cl)c(Cl)c4)CC3)CC2)C(=O)N1C. The van der Waals surface area contributed by atoms with Crippen LogP contribution in [0.15, 0.2) is 48.5 Å².